The first-order chi connectivity index (χ1) is 6.94. The molecule has 0 N–H and O–H groups in total. The highest BCUT2D eigenvalue weighted by molar-refractivity contribution is 7.99. The highest BCUT2D eigenvalue weighted by atomic mass is 32.2. The molecule has 1 saturated carbocycles. The molecule has 90 valence electrons. The van der Waals surface area contributed by atoms with Crippen LogP contribution in [0.4, 0.5) is 0 Å². The number of nitrogens with zero attached hydrogens (tertiary/aromatic N) is 1. The lowest BCUT2D eigenvalue weighted by atomic mass is 10.2. The second-order valence-electron chi connectivity index (χ2n) is 4.38. The topological polar surface area (TPSA) is 37.4 Å². The van der Waals surface area contributed by atoms with Crippen molar-refractivity contribution in [2.45, 2.75) is 30.6 Å². The van der Waals surface area contributed by atoms with Gasteiger partial charge in [0.05, 0.1) is 5.75 Å². The van der Waals surface area contributed by atoms with Crippen molar-refractivity contribution in [1.82, 2.24) is 4.90 Å². The number of sulfone groups is 1. The fourth-order valence-electron chi connectivity index (χ4n) is 2.16. The predicted octanol–water partition coefficient (Wildman–Crippen LogP) is 1.25. The van der Waals surface area contributed by atoms with Crippen molar-refractivity contribution in [2.24, 2.45) is 0 Å². The van der Waals surface area contributed by atoms with E-state index in [1.165, 1.54) is 25.5 Å². The molecule has 1 rings (SSSR count). The van der Waals surface area contributed by atoms with Gasteiger partial charge in [-0.25, -0.2) is 8.42 Å². The summed E-state index contributed by atoms with van der Waals surface area (Å²) in [6, 6.07) is 0.571. The fourth-order valence-corrected chi connectivity index (χ4v) is 3.84. The lowest BCUT2D eigenvalue weighted by Gasteiger charge is -2.28. The Morgan fingerprint density at radius 1 is 1.40 bits per heavy atom. The maximum atomic E-state index is 11.1. The van der Waals surface area contributed by atoms with Crippen LogP contribution in [0, 0.1) is 0 Å². The largest absolute Gasteiger partial charge is 0.301 e. The molecule has 0 radical (unpaired) electrons. The lowest BCUT2D eigenvalue weighted by molar-refractivity contribution is 0.264. The third-order valence-electron chi connectivity index (χ3n) is 3.10. The van der Waals surface area contributed by atoms with Crippen LogP contribution in [0.15, 0.2) is 0 Å². The van der Waals surface area contributed by atoms with Crippen LogP contribution in [-0.2, 0) is 9.84 Å². The molecular weight excluding hydrogens is 230 g/mol. The summed E-state index contributed by atoms with van der Waals surface area (Å²) in [5.41, 5.74) is 0. The van der Waals surface area contributed by atoms with Gasteiger partial charge < -0.3 is 4.90 Å². The Labute approximate surface area is 97.5 Å². The van der Waals surface area contributed by atoms with E-state index >= 15 is 0 Å². The standard InChI is InChI=1S/C10H21NO2S2/c1-11(7-8-15(3,12)13)9-5-4-6-10(9)14-2/h9-10H,4-8H2,1-3H3/t9-,10-/m1/s1. The number of rotatable bonds is 5. The summed E-state index contributed by atoms with van der Waals surface area (Å²) in [6.45, 7) is 0.667. The second-order valence-corrected chi connectivity index (χ2v) is 7.72. The van der Waals surface area contributed by atoms with E-state index in [2.05, 4.69) is 11.2 Å². The molecule has 1 aliphatic rings. The van der Waals surface area contributed by atoms with E-state index in [1.54, 1.807) is 0 Å². The Kier molecular flexibility index (Phi) is 4.93. The van der Waals surface area contributed by atoms with E-state index in [-0.39, 0.29) is 5.75 Å². The van der Waals surface area contributed by atoms with E-state index in [4.69, 9.17) is 0 Å². The summed E-state index contributed by atoms with van der Waals surface area (Å²) in [5, 5.41) is 0.689. The molecule has 3 nitrogen and oxygen atoms in total. The highest BCUT2D eigenvalue weighted by Gasteiger charge is 2.29. The zero-order valence-corrected chi connectivity index (χ0v) is 11.4. The minimum absolute atomic E-state index is 0.279. The SMILES string of the molecule is CS[C@@H]1CCC[C@H]1N(C)CCS(C)(=O)=O. The van der Waals surface area contributed by atoms with Gasteiger partial charge in [0.25, 0.3) is 0 Å². The van der Waals surface area contributed by atoms with Gasteiger partial charge in [0, 0.05) is 24.1 Å². The van der Waals surface area contributed by atoms with Crippen molar-refractivity contribution >= 4 is 21.6 Å². The minimum atomic E-state index is -2.82. The maximum absolute atomic E-state index is 11.1. The molecule has 0 spiro atoms. The summed E-state index contributed by atoms with van der Waals surface area (Å²) in [4.78, 5) is 2.22. The van der Waals surface area contributed by atoms with E-state index in [1.807, 2.05) is 18.8 Å². The zero-order valence-electron chi connectivity index (χ0n) is 9.77. The third-order valence-corrected chi connectivity index (χ3v) is 5.18. The number of hydrogen-bond acceptors (Lipinski definition) is 4. The van der Waals surface area contributed by atoms with Crippen molar-refractivity contribution in [3.05, 3.63) is 0 Å². The third kappa shape index (κ3) is 4.33. The molecule has 0 saturated heterocycles. The van der Waals surface area contributed by atoms with Crippen LogP contribution < -0.4 is 0 Å². The Hall–Kier alpha value is 0.260. The molecular formula is C10H21NO2S2. The Morgan fingerprint density at radius 3 is 2.60 bits per heavy atom. The first-order valence-corrected chi connectivity index (χ1v) is 8.69. The van der Waals surface area contributed by atoms with Gasteiger partial charge >= 0.3 is 0 Å². The van der Waals surface area contributed by atoms with E-state index in [9.17, 15) is 8.42 Å². The zero-order chi connectivity index (χ0) is 11.5. The van der Waals surface area contributed by atoms with E-state index < -0.39 is 9.84 Å². The average molecular weight is 251 g/mol. The summed E-state index contributed by atoms with van der Waals surface area (Å²) in [5.74, 6) is 0.279. The fraction of sp³-hybridized carbons (Fsp3) is 1.00. The van der Waals surface area contributed by atoms with Crippen LogP contribution in [0.3, 0.4) is 0 Å². The Morgan fingerprint density at radius 2 is 2.07 bits per heavy atom. The molecule has 0 bridgehead atoms. The van der Waals surface area contributed by atoms with Crippen LogP contribution in [0.1, 0.15) is 19.3 Å². The summed E-state index contributed by atoms with van der Waals surface area (Å²) >= 11 is 1.91. The highest BCUT2D eigenvalue weighted by Crippen LogP contribution is 2.31. The summed E-state index contributed by atoms with van der Waals surface area (Å²) < 4.78 is 22.1. The van der Waals surface area contributed by atoms with Crippen LogP contribution in [0.25, 0.3) is 0 Å². The molecule has 0 heterocycles. The summed E-state index contributed by atoms with van der Waals surface area (Å²) in [6.07, 6.45) is 7.22. The van der Waals surface area contributed by atoms with Gasteiger partial charge in [-0.3, -0.25) is 0 Å². The molecule has 5 heteroatoms. The Bertz CT molecular complexity index is 290. The van der Waals surface area contributed by atoms with Crippen molar-refractivity contribution in [1.29, 1.82) is 0 Å². The Balaban J connectivity index is 2.42. The van der Waals surface area contributed by atoms with Crippen molar-refractivity contribution in [3.8, 4) is 0 Å². The molecule has 0 amide bonds. The van der Waals surface area contributed by atoms with Gasteiger partial charge in [0.2, 0.25) is 0 Å². The van der Waals surface area contributed by atoms with Crippen LogP contribution in [-0.4, -0.2) is 56.5 Å². The average Bonchev–Trinajstić information content (AvgIpc) is 2.60. The van der Waals surface area contributed by atoms with Crippen LogP contribution in [0.2, 0.25) is 0 Å². The minimum Gasteiger partial charge on any atom is -0.301 e. The normalized spacial score (nSPS) is 27.5. The monoisotopic (exact) mass is 251 g/mol. The predicted molar refractivity (Wildman–Crippen MR) is 67.3 cm³/mol. The molecule has 0 aliphatic heterocycles. The molecule has 0 unspecified atom stereocenters. The lowest BCUT2D eigenvalue weighted by Crippen LogP contribution is -2.38. The van der Waals surface area contributed by atoms with Gasteiger partial charge in [0.15, 0.2) is 0 Å². The van der Waals surface area contributed by atoms with Gasteiger partial charge in [0.1, 0.15) is 9.84 Å². The molecule has 2 atom stereocenters. The van der Waals surface area contributed by atoms with Crippen molar-refractivity contribution in [3.63, 3.8) is 0 Å². The van der Waals surface area contributed by atoms with Gasteiger partial charge in [-0.15, -0.1) is 0 Å². The number of thioether (sulfide) groups is 1. The molecule has 0 aromatic carbocycles. The van der Waals surface area contributed by atoms with Crippen molar-refractivity contribution < 1.29 is 8.42 Å². The van der Waals surface area contributed by atoms with Crippen molar-refractivity contribution in [2.75, 3.05) is 31.9 Å². The molecule has 0 aromatic heterocycles. The van der Waals surface area contributed by atoms with Gasteiger partial charge in [-0.1, -0.05) is 6.42 Å². The number of hydrogen-bond donors (Lipinski definition) is 0. The smallest absolute Gasteiger partial charge is 0.148 e. The van der Waals surface area contributed by atoms with Crippen LogP contribution >= 0.6 is 11.8 Å². The second kappa shape index (κ2) is 5.55. The molecule has 1 aliphatic carbocycles. The quantitative estimate of drug-likeness (QED) is 0.737. The molecule has 15 heavy (non-hydrogen) atoms. The molecule has 0 aromatic rings. The first-order valence-electron chi connectivity index (χ1n) is 5.35. The van der Waals surface area contributed by atoms with Gasteiger partial charge in [-0.05, 0) is 26.1 Å². The van der Waals surface area contributed by atoms with Gasteiger partial charge in [-0.2, -0.15) is 11.8 Å². The maximum Gasteiger partial charge on any atom is 0.148 e. The first kappa shape index (κ1) is 13.3. The summed E-state index contributed by atoms with van der Waals surface area (Å²) in [7, 11) is -0.775. The van der Waals surface area contributed by atoms with Crippen LogP contribution in [0.5, 0.6) is 0 Å². The molecule has 1 fully saturated rings. The van der Waals surface area contributed by atoms with E-state index in [0.29, 0.717) is 17.8 Å². The van der Waals surface area contributed by atoms with E-state index in [0.717, 1.165) is 0 Å².